The fourth-order valence-electron chi connectivity index (χ4n) is 2.10. The van der Waals surface area contributed by atoms with Gasteiger partial charge in [0.1, 0.15) is 5.69 Å². The average Bonchev–Trinajstić information content (AvgIpc) is 2.81. The molecule has 1 aromatic heterocycles. The number of piperazine rings is 1. The van der Waals surface area contributed by atoms with Gasteiger partial charge < -0.3 is 10.2 Å². The van der Waals surface area contributed by atoms with Crippen LogP contribution in [0.15, 0.2) is 12.3 Å². The van der Waals surface area contributed by atoms with E-state index >= 15 is 0 Å². The van der Waals surface area contributed by atoms with Gasteiger partial charge >= 0.3 is 0 Å². The largest absolute Gasteiger partial charge is 0.332 e. The number of carbonyl (C=O) groups is 1. The van der Waals surface area contributed by atoms with Crippen LogP contribution < -0.4 is 5.32 Å². The Morgan fingerprint density at radius 2 is 2.44 bits per heavy atom. The van der Waals surface area contributed by atoms with Gasteiger partial charge in [0.25, 0.3) is 5.91 Å². The molecule has 1 saturated heterocycles. The van der Waals surface area contributed by atoms with E-state index in [0.717, 1.165) is 19.6 Å². The second-order valence-electron chi connectivity index (χ2n) is 4.48. The molecule has 1 atom stereocenters. The lowest BCUT2D eigenvalue weighted by Crippen LogP contribution is -2.55. The van der Waals surface area contributed by atoms with E-state index in [1.165, 1.54) is 0 Å². The van der Waals surface area contributed by atoms with Gasteiger partial charge in [-0.15, -0.1) is 0 Å². The van der Waals surface area contributed by atoms with Crippen LogP contribution >= 0.6 is 0 Å². The van der Waals surface area contributed by atoms with Crippen LogP contribution in [0.5, 0.6) is 0 Å². The lowest BCUT2D eigenvalue weighted by molar-refractivity contribution is 0.0567. The smallest absolute Gasteiger partial charge is 0.272 e. The maximum atomic E-state index is 12.2. The predicted octanol–water partition coefficient (Wildman–Crippen LogP) is 0.480. The number of nitrogens with one attached hydrogen (secondary N) is 2. The fourth-order valence-corrected chi connectivity index (χ4v) is 2.10. The number of hydrogen-bond acceptors (Lipinski definition) is 3. The van der Waals surface area contributed by atoms with Crippen LogP contribution in [-0.2, 0) is 0 Å². The third kappa shape index (κ3) is 2.09. The average molecular weight is 222 g/mol. The number of amides is 1. The highest BCUT2D eigenvalue weighted by Gasteiger charge is 2.29. The molecule has 0 saturated carbocycles. The van der Waals surface area contributed by atoms with Gasteiger partial charge in [-0.3, -0.25) is 9.89 Å². The summed E-state index contributed by atoms with van der Waals surface area (Å²) in [5.41, 5.74) is 0.576. The summed E-state index contributed by atoms with van der Waals surface area (Å²) in [4.78, 5) is 14.1. The van der Waals surface area contributed by atoms with Gasteiger partial charge in [0, 0.05) is 31.9 Å². The Labute approximate surface area is 95.2 Å². The van der Waals surface area contributed by atoms with E-state index in [1.807, 2.05) is 4.90 Å². The van der Waals surface area contributed by atoms with Gasteiger partial charge in [-0.1, -0.05) is 13.8 Å². The zero-order valence-electron chi connectivity index (χ0n) is 9.73. The normalized spacial score (nSPS) is 21.4. The molecule has 1 fully saturated rings. The van der Waals surface area contributed by atoms with E-state index in [2.05, 4.69) is 29.4 Å². The summed E-state index contributed by atoms with van der Waals surface area (Å²) >= 11 is 0. The van der Waals surface area contributed by atoms with Crippen LogP contribution in [0.25, 0.3) is 0 Å². The number of rotatable bonds is 2. The molecule has 1 amide bonds. The molecule has 2 N–H and O–H groups in total. The number of aromatic nitrogens is 2. The molecule has 1 aliphatic heterocycles. The minimum atomic E-state index is 0.0534. The Morgan fingerprint density at radius 3 is 3.06 bits per heavy atom. The molecule has 5 nitrogen and oxygen atoms in total. The zero-order chi connectivity index (χ0) is 11.5. The number of hydrogen-bond donors (Lipinski definition) is 2. The van der Waals surface area contributed by atoms with Crippen LogP contribution in [-0.4, -0.2) is 46.7 Å². The molecule has 0 radical (unpaired) electrons. The molecule has 88 valence electrons. The number of aromatic amines is 1. The maximum absolute atomic E-state index is 12.2. The van der Waals surface area contributed by atoms with Gasteiger partial charge in [0.05, 0.1) is 0 Å². The van der Waals surface area contributed by atoms with Crippen molar-refractivity contribution in [2.75, 3.05) is 19.6 Å². The molecule has 0 aromatic carbocycles. The van der Waals surface area contributed by atoms with Crippen molar-refractivity contribution in [3.63, 3.8) is 0 Å². The van der Waals surface area contributed by atoms with Gasteiger partial charge in [-0.05, 0) is 12.0 Å². The summed E-state index contributed by atoms with van der Waals surface area (Å²) in [6, 6.07) is 1.99. The Morgan fingerprint density at radius 1 is 1.62 bits per heavy atom. The summed E-state index contributed by atoms with van der Waals surface area (Å²) in [7, 11) is 0. The standard InChI is InChI=1S/C11H18N4O/c1-8(2)10-7-12-5-6-15(10)11(16)9-3-4-13-14-9/h3-4,8,10,12H,5-7H2,1-2H3,(H,13,14). The first-order valence-corrected chi connectivity index (χ1v) is 5.71. The van der Waals surface area contributed by atoms with Crippen molar-refractivity contribution in [3.8, 4) is 0 Å². The van der Waals surface area contributed by atoms with E-state index in [4.69, 9.17) is 0 Å². The number of carbonyl (C=O) groups excluding carboxylic acids is 1. The number of nitrogens with zero attached hydrogens (tertiary/aromatic N) is 2. The minimum absolute atomic E-state index is 0.0534. The molecule has 5 heteroatoms. The van der Waals surface area contributed by atoms with Crippen molar-refractivity contribution < 1.29 is 4.79 Å². The van der Waals surface area contributed by atoms with Crippen LogP contribution in [0.3, 0.4) is 0 Å². The van der Waals surface area contributed by atoms with Crippen molar-refractivity contribution in [1.82, 2.24) is 20.4 Å². The summed E-state index contributed by atoms with van der Waals surface area (Å²) < 4.78 is 0. The first-order chi connectivity index (χ1) is 7.70. The summed E-state index contributed by atoms with van der Waals surface area (Å²) in [5, 5.41) is 9.88. The van der Waals surface area contributed by atoms with Crippen LogP contribution in [0.2, 0.25) is 0 Å². The van der Waals surface area contributed by atoms with Crippen molar-refractivity contribution in [2.24, 2.45) is 5.92 Å². The Hall–Kier alpha value is -1.36. The second-order valence-corrected chi connectivity index (χ2v) is 4.48. The van der Waals surface area contributed by atoms with E-state index in [9.17, 15) is 4.79 Å². The van der Waals surface area contributed by atoms with Gasteiger partial charge in [-0.2, -0.15) is 5.10 Å². The molecular formula is C11H18N4O. The summed E-state index contributed by atoms with van der Waals surface area (Å²) in [6.07, 6.45) is 1.61. The first-order valence-electron chi connectivity index (χ1n) is 5.71. The molecule has 0 aliphatic carbocycles. The molecule has 1 aromatic rings. The Balaban J connectivity index is 2.14. The van der Waals surface area contributed by atoms with Crippen molar-refractivity contribution in [2.45, 2.75) is 19.9 Å². The first kappa shape index (κ1) is 11.1. The SMILES string of the molecule is CC(C)C1CNCCN1C(=O)c1ccn[nH]1. The minimum Gasteiger partial charge on any atom is -0.332 e. The van der Waals surface area contributed by atoms with Gasteiger partial charge in [0.15, 0.2) is 0 Å². The van der Waals surface area contributed by atoms with E-state index < -0.39 is 0 Å². The highest BCUT2D eigenvalue weighted by Crippen LogP contribution is 2.15. The Bertz CT molecular complexity index is 347. The highest BCUT2D eigenvalue weighted by molar-refractivity contribution is 5.92. The monoisotopic (exact) mass is 222 g/mol. The van der Waals surface area contributed by atoms with Crippen LogP contribution in [0.1, 0.15) is 24.3 Å². The molecule has 2 rings (SSSR count). The zero-order valence-corrected chi connectivity index (χ0v) is 9.73. The van der Waals surface area contributed by atoms with Crippen molar-refractivity contribution >= 4 is 5.91 Å². The summed E-state index contributed by atoms with van der Waals surface area (Å²) in [6.45, 7) is 6.79. The molecule has 0 bridgehead atoms. The third-order valence-electron chi connectivity index (χ3n) is 3.04. The highest BCUT2D eigenvalue weighted by atomic mass is 16.2. The molecule has 16 heavy (non-hydrogen) atoms. The molecular weight excluding hydrogens is 204 g/mol. The van der Waals surface area contributed by atoms with E-state index in [-0.39, 0.29) is 11.9 Å². The fraction of sp³-hybridized carbons (Fsp3) is 0.636. The van der Waals surface area contributed by atoms with Gasteiger partial charge in [0.2, 0.25) is 0 Å². The second kappa shape index (κ2) is 4.65. The van der Waals surface area contributed by atoms with Crippen LogP contribution in [0.4, 0.5) is 0 Å². The quantitative estimate of drug-likeness (QED) is 0.765. The molecule has 2 heterocycles. The predicted molar refractivity (Wildman–Crippen MR) is 61.1 cm³/mol. The van der Waals surface area contributed by atoms with Gasteiger partial charge in [-0.25, -0.2) is 0 Å². The maximum Gasteiger partial charge on any atom is 0.272 e. The van der Waals surface area contributed by atoms with Crippen LogP contribution in [0, 0.1) is 5.92 Å². The molecule has 0 spiro atoms. The van der Waals surface area contributed by atoms with E-state index in [0.29, 0.717) is 11.6 Å². The molecule has 1 aliphatic rings. The molecule has 1 unspecified atom stereocenters. The Kier molecular flexibility index (Phi) is 3.24. The van der Waals surface area contributed by atoms with E-state index in [1.54, 1.807) is 12.3 Å². The number of H-pyrrole nitrogens is 1. The van der Waals surface area contributed by atoms with Crippen molar-refractivity contribution in [3.05, 3.63) is 18.0 Å². The van der Waals surface area contributed by atoms with Crippen molar-refractivity contribution in [1.29, 1.82) is 0 Å². The lowest BCUT2D eigenvalue weighted by atomic mass is 10.0. The lowest BCUT2D eigenvalue weighted by Gasteiger charge is -2.38. The summed E-state index contributed by atoms with van der Waals surface area (Å²) in [5.74, 6) is 0.511. The topological polar surface area (TPSA) is 61.0 Å². The third-order valence-corrected chi connectivity index (χ3v) is 3.04.